The number of carbonyl (C=O) groups excluding carboxylic acids is 1. The van der Waals surface area contributed by atoms with Gasteiger partial charge in [-0.15, -0.1) is 22.9 Å². The van der Waals surface area contributed by atoms with E-state index in [1.54, 1.807) is 5.38 Å². The summed E-state index contributed by atoms with van der Waals surface area (Å²) in [5.41, 5.74) is 0.510. The number of hydrogen-bond acceptors (Lipinski definition) is 4. The van der Waals surface area contributed by atoms with Crippen LogP contribution in [0.1, 0.15) is 29.8 Å². The fourth-order valence-corrected chi connectivity index (χ4v) is 2.71. The molecule has 82 valence electrons. The summed E-state index contributed by atoms with van der Waals surface area (Å²) in [7, 11) is 0. The lowest BCUT2D eigenvalue weighted by atomic mass is 10.1. The SMILES string of the molecule is O=C(CCl)c1csc(N2CCCCC2)n1. The van der Waals surface area contributed by atoms with Gasteiger partial charge in [-0.25, -0.2) is 4.98 Å². The van der Waals surface area contributed by atoms with Gasteiger partial charge >= 0.3 is 0 Å². The third-order valence-electron chi connectivity index (χ3n) is 2.53. The number of carbonyl (C=O) groups is 1. The molecule has 2 rings (SSSR count). The molecule has 1 saturated heterocycles. The molecule has 0 saturated carbocycles. The van der Waals surface area contributed by atoms with E-state index in [-0.39, 0.29) is 11.7 Å². The molecule has 0 amide bonds. The van der Waals surface area contributed by atoms with Crippen molar-refractivity contribution in [2.75, 3.05) is 23.9 Å². The third kappa shape index (κ3) is 2.49. The molecule has 0 bridgehead atoms. The zero-order chi connectivity index (χ0) is 10.7. The van der Waals surface area contributed by atoms with Crippen molar-refractivity contribution in [3.63, 3.8) is 0 Å². The topological polar surface area (TPSA) is 33.2 Å². The normalized spacial score (nSPS) is 16.7. The molecule has 1 aromatic heterocycles. The van der Waals surface area contributed by atoms with Gasteiger partial charge in [-0.2, -0.15) is 0 Å². The molecule has 1 aliphatic rings. The second-order valence-corrected chi connectivity index (χ2v) is 4.72. The first-order valence-corrected chi connectivity index (χ1v) is 6.52. The first-order chi connectivity index (χ1) is 7.31. The predicted molar refractivity (Wildman–Crippen MR) is 63.2 cm³/mol. The van der Waals surface area contributed by atoms with E-state index in [9.17, 15) is 4.79 Å². The molecule has 15 heavy (non-hydrogen) atoms. The number of nitrogens with zero attached hydrogens (tertiary/aromatic N) is 2. The summed E-state index contributed by atoms with van der Waals surface area (Å²) in [6.45, 7) is 2.12. The Morgan fingerprint density at radius 1 is 1.47 bits per heavy atom. The number of hydrogen-bond donors (Lipinski definition) is 0. The molecule has 1 fully saturated rings. The highest BCUT2D eigenvalue weighted by atomic mass is 35.5. The largest absolute Gasteiger partial charge is 0.348 e. The van der Waals surface area contributed by atoms with Crippen molar-refractivity contribution < 1.29 is 4.79 Å². The van der Waals surface area contributed by atoms with E-state index >= 15 is 0 Å². The van der Waals surface area contributed by atoms with Crippen LogP contribution in [0.3, 0.4) is 0 Å². The number of alkyl halides is 1. The number of ketones is 1. The van der Waals surface area contributed by atoms with Crippen LogP contribution in [0.25, 0.3) is 0 Å². The van der Waals surface area contributed by atoms with Crippen LogP contribution >= 0.6 is 22.9 Å². The quantitative estimate of drug-likeness (QED) is 0.605. The minimum atomic E-state index is -0.0869. The van der Waals surface area contributed by atoms with Gasteiger partial charge in [0, 0.05) is 18.5 Å². The summed E-state index contributed by atoms with van der Waals surface area (Å²) < 4.78 is 0. The number of halogens is 1. The summed E-state index contributed by atoms with van der Waals surface area (Å²) in [5, 5.41) is 2.76. The van der Waals surface area contributed by atoms with E-state index in [0.717, 1.165) is 18.2 Å². The molecule has 0 radical (unpaired) electrons. The van der Waals surface area contributed by atoms with Crippen LogP contribution in [0.2, 0.25) is 0 Å². The highest BCUT2D eigenvalue weighted by molar-refractivity contribution is 7.14. The van der Waals surface area contributed by atoms with Crippen molar-refractivity contribution >= 4 is 33.9 Å². The highest BCUT2D eigenvalue weighted by Gasteiger charge is 2.16. The Hall–Kier alpha value is -0.610. The van der Waals surface area contributed by atoms with E-state index in [0.29, 0.717) is 5.69 Å². The van der Waals surface area contributed by atoms with Crippen LogP contribution < -0.4 is 4.90 Å². The Balaban J connectivity index is 2.08. The maximum atomic E-state index is 11.3. The van der Waals surface area contributed by atoms with Gasteiger partial charge in [0.15, 0.2) is 10.9 Å². The molecule has 3 nitrogen and oxygen atoms in total. The summed E-state index contributed by atoms with van der Waals surface area (Å²) in [5.74, 6) is -0.0698. The number of aromatic nitrogens is 1. The van der Waals surface area contributed by atoms with Gasteiger partial charge < -0.3 is 4.90 Å². The van der Waals surface area contributed by atoms with Gasteiger partial charge in [-0.1, -0.05) is 0 Å². The van der Waals surface area contributed by atoms with Gasteiger partial charge in [0.1, 0.15) is 5.69 Å². The minimum Gasteiger partial charge on any atom is -0.348 e. The number of rotatable bonds is 3. The van der Waals surface area contributed by atoms with E-state index in [1.165, 1.54) is 30.6 Å². The van der Waals surface area contributed by atoms with E-state index in [2.05, 4.69) is 9.88 Å². The molecule has 1 aliphatic heterocycles. The van der Waals surface area contributed by atoms with Gasteiger partial charge in [-0.3, -0.25) is 4.79 Å². The smallest absolute Gasteiger partial charge is 0.196 e. The van der Waals surface area contributed by atoms with Crippen molar-refractivity contribution in [1.82, 2.24) is 4.98 Å². The summed E-state index contributed by atoms with van der Waals surface area (Å²) >= 11 is 7.02. The van der Waals surface area contributed by atoms with Crippen molar-refractivity contribution in [2.24, 2.45) is 0 Å². The standard InChI is InChI=1S/C10H13ClN2OS/c11-6-9(14)8-7-15-10(12-8)13-4-2-1-3-5-13/h7H,1-6H2. The van der Waals surface area contributed by atoms with Gasteiger partial charge in [-0.05, 0) is 19.3 Å². The molecular weight excluding hydrogens is 232 g/mol. The predicted octanol–water partition coefficient (Wildman–Crippen LogP) is 2.55. The highest BCUT2D eigenvalue weighted by Crippen LogP contribution is 2.24. The van der Waals surface area contributed by atoms with Gasteiger partial charge in [0.05, 0.1) is 5.88 Å². The second-order valence-electron chi connectivity index (χ2n) is 3.62. The fourth-order valence-electron chi connectivity index (χ4n) is 1.69. The number of thiazole rings is 1. The molecule has 0 unspecified atom stereocenters. The lowest BCUT2D eigenvalue weighted by Gasteiger charge is -2.25. The van der Waals surface area contributed by atoms with Crippen molar-refractivity contribution in [3.05, 3.63) is 11.1 Å². The van der Waals surface area contributed by atoms with E-state index in [4.69, 9.17) is 11.6 Å². The Morgan fingerprint density at radius 3 is 2.87 bits per heavy atom. The van der Waals surface area contributed by atoms with Gasteiger partial charge in [0.2, 0.25) is 0 Å². The van der Waals surface area contributed by atoms with Crippen LogP contribution in [0.5, 0.6) is 0 Å². The maximum Gasteiger partial charge on any atom is 0.196 e. The molecule has 0 N–H and O–H groups in total. The summed E-state index contributed by atoms with van der Waals surface area (Å²) in [4.78, 5) is 17.9. The maximum absolute atomic E-state index is 11.3. The molecule has 0 aliphatic carbocycles. The van der Waals surface area contributed by atoms with Crippen LogP contribution in [-0.2, 0) is 0 Å². The first-order valence-electron chi connectivity index (χ1n) is 5.11. The van der Waals surface area contributed by atoms with Crippen LogP contribution in [0.15, 0.2) is 5.38 Å². The fraction of sp³-hybridized carbons (Fsp3) is 0.600. The number of piperidine rings is 1. The Morgan fingerprint density at radius 2 is 2.20 bits per heavy atom. The van der Waals surface area contributed by atoms with Crippen molar-refractivity contribution in [2.45, 2.75) is 19.3 Å². The minimum absolute atomic E-state index is 0.0170. The molecule has 0 atom stereocenters. The first kappa shape index (κ1) is 10.9. The van der Waals surface area contributed by atoms with Crippen LogP contribution in [-0.4, -0.2) is 29.7 Å². The van der Waals surface area contributed by atoms with E-state index in [1.807, 2.05) is 0 Å². The third-order valence-corrected chi connectivity index (χ3v) is 3.67. The molecular formula is C10H13ClN2OS. The zero-order valence-electron chi connectivity index (χ0n) is 8.41. The van der Waals surface area contributed by atoms with Gasteiger partial charge in [0.25, 0.3) is 0 Å². The molecule has 2 heterocycles. The Labute approximate surface area is 98.1 Å². The number of Topliss-reactive ketones (excluding diaryl/α,β-unsaturated/α-hetero) is 1. The molecule has 0 aromatic carbocycles. The molecule has 1 aromatic rings. The zero-order valence-corrected chi connectivity index (χ0v) is 9.98. The Bertz CT molecular complexity index is 347. The lowest BCUT2D eigenvalue weighted by Crippen LogP contribution is -2.29. The summed E-state index contributed by atoms with van der Waals surface area (Å²) in [6.07, 6.45) is 3.74. The van der Waals surface area contributed by atoms with Crippen LogP contribution in [0.4, 0.5) is 5.13 Å². The molecule has 5 heteroatoms. The monoisotopic (exact) mass is 244 g/mol. The number of anilines is 1. The van der Waals surface area contributed by atoms with Crippen molar-refractivity contribution in [1.29, 1.82) is 0 Å². The lowest BCUT2D eigenvalue weighted by molar-refractivity contribution is 0.101. The van der Waals surface area contributed by atoms with E-state index < -0.39 is 0 Å². The second kappa shape index (κ2) is 4.94. The van der Waals surface area contributed by atoms with Crippen molar-refractivity contribution in [3.8, 4) is 0 Å². The summed E-state index contributed by atoms with van der Waals surface area (Å²) in [6, 6.07) is 0. The average Bonchev–Trinajstić information content (AvgIpc) is 2.78. The average molecular weight is 245 g/mol. The Kier molecular flexibility index (Phi) is 3.59. The molecule has 0 spiro atoms. The van der Waals surface area contributed by atoms with Crippen LogP contribution in [0, 0.1) is 0 Å².